The molecule has 4 rings (SSSR count). The zero-order chi connectivity index (χ0) is 20.5. The Kier molecular flexibility index (Phi) is 5.08. The predicted molar refractivity (Wildman–Crippen MR) is 97.2 cm³/mol. The van der Waals surface area contributed by atoms with Crippen LogP contribution in [0.2, 0.25) is 0 Å². The number of carbonyl (C=O) groups excluding carboxylic acids is 1. The summed E-state index contributed by atoms with van der Waals surface area (Å²) in [4.78, 5) is 18.0. The summed E-state index contributed by atoms with van der Waals surface area (Å²) in [7, 11) is 0. The number of halogens is 4. The average molecular weight is 404 g/mol. The van der Waals surface area contributed by atoms with Crippen molar-refractivity contribution in [2.75, 3.05) is 11.4 Å². The van der Waals surface area contributed by atoms with E-state index in [0.717, 1.165) is 18.2 Å². The molecule has 0 unspecified atom stereocenters. The van der Waals surface area contributed by atoms with E-state index < -0.39 is 23.3 Å². The van der Waals surface area contributed by atoms with Gasteiger partial charge in [0.05, 0.1) is 17.4 Å². The second-order valence-electron chi connectivity index (χ2n) is 6.79. The lowest BCUT2D eigenvalue weighted by Gasteiger charge is -2.29. The van der Waals surface area contributed by atoms with Gasteiger partial charge >= 0.3 is 0 Å². The van der Waals surface area contributed by atoms with Gasteiger partial charge in [-0.3, -0.25) is 4.79 Å². The average Bonchev–Trinajstić information content (AvgIpc) is 3.14. The number of nitrogens with zero attached hydrogens (tertiary/aromatic N) is 2. The van der Waals surface area contributed by atoms with Crippen molar-refractivity contribution < 1.29 is 26.8 Å². The van der Waals surface area contributed by atoms with Gasteiger partial charge in [0.1, 0.15) is 23.3 Å². The lowest BCUT2D eigenvalue weighted by Crippen LogP contribution is -2.36. The van der Waals surface area contributed by atoms with Gasteiger partial charge < -0.3 is 9.32 Å². The minimum Gasteiger partial charge on any atom is -0.441 e. The van der Waals surface area contributed by atoms with Gasteiger partial charge in [-0.15, -0.1) is 0 Å². The third kappa shape index (κ3) is 3.87. The molecule has 0 saturated heterocycles. The van der Waals surface area contributed by atoms with E-state index in [1.165, 1.54) is 23.2 Å². The molecule has 1 aromatic heterocycles. The lowest BCUT2D eigenvalue weighted by atomic mass is 10.0. The Morgan fingerprint density at radius 3 is 2.66 bits per heavy atom. The molecule has 0 fully saturated rings. The highest BCUT2D eigenvalue weighted by Gasteiger charge is 2.26. The van der Waals surface area contributed by atoms with Gasteiger partial charge in [-0.2, -0.15) is 0 Å². The fourth-order valence-electron chi connectivity index (χ4n) is 3.49. The van der Waals surface area contributed by atoms with Crippen LogP contribution in [0.4, 0.5) is 23.2 Å². The first-order chi connectivity index (χ1) is 13.9. The van der Waals surface area contributed by atoms with Gasteiger partial charge in [0, 0.05) is 31.5 Å². The molecule has 1 amide bonds. The summed E-state index contributed by atoms with van der Waals surface area (Å²) >= 11 is 0. The van der Waals surface area contributed by atoms with Crippen molar-refractivity contribution in [3.8, 4) is 11.3 Å². The third-order valence-corrected chi connectivity index (χ3v) is 4.81. The van der Waals surface area contributed by atoms with E-state index in [0.29, 0.717) is 24.9 Å². The molecule has 0 atom stereocenters. The lowest BCUT2D eigenvalue weighted by molar-refractivity contribution is -0.118. The van der Waals surface area contributed by atoms with Crippen LogP contribution in [-0.4, -0.2) is 17.4 Å². The van der Waals surface area contributed by atoms with Gasteiger partial charge in [0.15, 0.2) is 11.7 Å². The summed E-state index contributed by atoms with van der Waals surface area (Å²) < 4.78 is 60.0. The number of fused-ring (bicyclic) bond motifs is 1. The normalized spacial score (nSPS) is 13.4. The Morgan fingerprint density at radius 1 is 1.07 bits per heavy atom. The quantitative estimate of drug-likeness (QED) is 0.587. The van der Waals surface area contributed by atoms with Gasteiger partial charge in [0.2, 0.25) is 5.91 Å². The summed E-state index contributed by atoms with van der Waals surface area (Å²) in [5.74, 6) is -2.94. The Hall–Kier alpha value is -3.16. The van der Waals surface area contributed by atoms with E-state index in [9.17, 15) is 22.4 Å². The number of amides is 1. The Balaban J connectivity index is 1.47. The van der Waals surface area contributed by atoms with E-state index in [1.54, 1.807) is 0 Å². The van der Waals surface area contributed by atoms with Crippen molar-refractivity contribution in [2.45, 2.75) is 25.7 Å². The highest BCUT2D eigenvalue weighted by Crippen LogP contribution is 2.32. The maximum atomic E-state index is 14.2. The summed E-state index contributed by atoms with van der Waals surface area (Å²) in [6.45, 7) is 0.339. The number of rotatable bonds is 4. The number of oxazole rings is 1. The SMILES string of the molecule is O=C(CCc1ncc(-c2ccc(F)cc2F)o1)N1CCCc2cc(F)cc(F)c21. The molecular weight excluding hydrogens is 388 g/mol. The van der Waals surface area contributed by atoms with E-state index in [1.807, 2.05) is 0 Å². The standard InChI is InChI=1S/C21H16F4N2O2/c22-13-3-4-15(16(24)9-13)18-11-26-19(29-18)5-6-20(28)27-7-1-2-12-8-14(23)10-17(25)21(12)27/h3-4,8-11H,1-2,5-7H2. The van der Waals surface area contributed by atoms with Crippen LogP contribution in [0.1, 0.15) is 24.3 Å². The molecule has 0 spiro atoms. The van der Waals surface area contributed by atoms with Crippen LogP contribution >= 0.6 is 0 Å². The summed E-state index contributed by atoms with van der Waals surface area (Å²) in [6.07, 6.45) is 2.52. The number of carbonyl (C=O) groups is 1. The highest BCUT2D eigenvalue weighted by atomic mass is 19.1. The smallest absolute Gasteiger partial charge is 0.227 e. The number of hydrogen-bond donors (Lipinski definition) is 0. The van der Waals surface area contributed by atoms with Gasteiger partial charge in [-0.1, -0.05) is 0 Å². The molecule has 3 aromatic rings. The Bertz CT molecular complexity index is 1080. The fourth-order valence-corrected chi connectivity index (χ4v) is 3.49. The second-order valence-corrected chi connectivity index (χ2v) is 6.79. The van der Waals surface area contributed by atoms with Crippen LogP contribution in [0.25, 0.3) is 11.3 Å². The monoisotopic (exact) mass is 404 g/mol. The van der Waals surface area contributed by atoms with Crippen molar-refractivity contribution >= 4 is 11.6 Å². The van der Waals surface area contributed by atoms with E-state index in [2.05, 4.69) is 4.98 Å². The molecule has 0 bridgehead atoms. The molecule has 0 radical (unpaired) electrons. The molecule has 150 valence electrons. The van der Waals surface area contributed by atoms with E-state index >= 15 is 0 Å². The fraction of sp³-hybridized carbons (Fsp3) is 0.238. The number of hydrogen-bond acceptors (Lipinski definition) is 3. The molecule has 2 heterocycles. The molecule has 0 aliphatic carbocycles. The van der Waals surface area contributed by atoms with Crippen LogP contribution in [0, 0.1) is 23.3 Å². The molecule has 2 aromatic carbocycles. The first-order valence-corrected chi connectivity index (χ1v) is 9.11. The largest absolute Gasteiger partial charge is 0.441 e. The molecule has 1 aliphatic rings. The van der Waals surface area contributed by atoms with Crippen LogP contribution in [0.3, 0.4) is 0 Å². The zero-order valence-electron chi connectivity index (χ0n) is 15.2. The maximum absolute atomic E-state index is 14.2. The number of anilines is 1. The zero-order valence-corrected chi connectivity index (χ0v) is 15.2. The first kappa shape index (κ1) is 19.2. The minimum absolute atomic E-state index is 0.0118. The Labute approximate surface area is 163 Å². The molecule has 4 nitrogen and oxygen atoms in total. The molecule has 1 aliphatic heterocycles. The van der Waals surface area contributed by atoms with E-state index in [4.69, 9.17) is 4.42 Å². The minimum atomic E-state index is -0.781. The number of aryl methyl sites for hydroxylation is 2. The predicted octanol–water partition coefficient (Wildman–Crippen LogP) is 4.81. The number of benzene rings is 2. The maximum Gasteiger partial charge on any atom is 0.227 e. The summed E-state index contributed by atoms with van der Waals surface area (Å²) in [5, 5.41) is 0. The van der Waals surface area contributed by atoms with Gasteiger partial charge in [0.25, 0.3) is 0 Å². The van der Waals surface area contributed by atoms with Crippen LogP contribution in [0.15, 0.2) is 40.9 Å². The van der Waals surface area contributed by atoms with Crippen LogP contribution in [0.5, 0.6) is 0 Å². The Morgan fingerprint density at radius 2 is 1.86 bits per heavy atom. The van der Waals surface area contributed by atoms with E-state index in [-0.39, 0.29) is 41.7 Å². The molecule has 8 heteroatoms. The second kappa shape index (κ2) is 7.69. The first-order valence-electron chi connectivity index (χ1n) is 9.11. The number of aromatic nitrogens is 1. The van der Waals surface area contributed by atoms with Crippen molar-refractivity contribution in [2.24, 2.45) is 0 Å². The topological polar surface area (TPSA) is 46.3 Å². The molecule has 0 saturated carbocycles. The molecule has 29 heavy (non-hydrogen) atoms. The van der Waals surface area contributed by atoms with Crippen LogP contribution in [-0.2, 0) is 17.6 Å². The van der Waals surface area contributed by atoms with Gasteiger partial charge in [-0.25, -0.2) is 22.5 Å². The van der Waals surface area contributed by atoms with Crippen LogP contribution < -0.4 is 4.90 Å². The van der Waals surface area contributed by atoms with Gasteiger partial charge in [-0.05, 0) is 36.6 Å². The third-order valence-electron chi connectivity index (χ3n) is 4.81. The van der Waals surface area contributed by atoms with Crippen molar-refractivity contribution in [3.63, 3.8) is 0 Å². The highest BCUT2D eigenvalue weighted by molar-refractivity contribution is 5.94. The van der Waals surface area contributed by atoms with Crippen molar-refractivity contribution in [1.29, 1.82) is 0 Å². The summed E-state index contributed by atoms with van der Waals surface area (Å²) in [6, 6.07) is 5.10. The molecular formula is C21H16F4N2O2. The van der Waals surface area contributed by atoms with Crippen molar-refractivity contribution in [3.05, 3.63) is 71.3 Å². The molecule has 0 N–H and O–H groups in total. The van der Waals surface area contributed by atoms with Crippen molar-refractivity contribution in [1.82, 2.24) is 4.98 Å². The summed E-state index contributed by atoms with van der Waals surface area (Å²) in [5.41, 5.74) is 0.641.